The van der Waals surface area contributed by atoms with Crippen molar-refractivity contribution < 1.29 is 60.9 Å². The molecule has 0 bridgehead atoms. The Morgan fingerprint density at radius 3 is 1.74 bits per heavy atom. The van der Waals surface area contributed by atoms with Gasteiger partial charge in [0.2, 0.25) is 0 Å². The first-order chi connectivity index (χ1) is 10.4. The number of halogens is 1. The van der Waals surface area contributed by atoms with Crippen LogP contribution in [0.25, 0.3) is 0 Å². The Morgan fingerprint density at radius 1 is 1.17 bits per heavy atom. The van der Waals surface area contributed by atoms with Gasteiger partial charge in [0.25, 0.3) is 0 Å². The summed E-state index contributed by atoms with van der Waals surface area (Å²) < 4.78 is 11.5. The fourth-order valence-corrected chi connectivity index (χ4v) is 0.801. The third-order valence-corrected chi connectivity index (χ3v) is 2.49. The van der Waals surface area contributed by atoms with Crippen molar-refractivity contribution in [3.8, 4) is 0 Å². The summed E-state index contributed by atoms with van der Waals surface area (Å²) in [6.45, 7) is 6.37. The number of nitrogens with two attached hydrogens (primary N) is 4. The van der Waals surface area contributed by atoms with E-state index in [0.717, 1.165) is 24.2 Å². The van der Waals surface area contributed by atoms with Crippen molar-refractivity contribution >= 4 is 5.69 Å². The Labute approximate surface area is 183 Å². The van der Waals surface area contributed by atoms with Crippen LogP contribution in [-0.4, -0.2) is 24.4 Å². The zero-order valence-corrected chi connectivity index (χ0v) is 18.3. The minimum Gasteiger partial charge on any atom is -0.486 e. The van der Waals surface area contributed by atoms with E-state index in [0.29, 0.717) is 0 Å². The number of benzene rings is 1. The molecule has 0 aromatic heterocycles. The van der Waals surface area contributed by atoms with Crippen LogP contribution in [0, 0.1) is 13.0 Å². The van der Waals surface area contributed by atoms with Crippen molar-refractivity contribution in [1.82, 2.24) is 0 Å². The number of anilines is 1. The van der Waals surface area contributed by atoms with Crippen LogP contribution in [0.1, 0.15) is 32.8 Å². The summed E-state index contributed by atoms with van der Waals surface area (Å²) in [6, 6.07) is 6.88. The maximum atomic E-state index is 11.5. The molecule has 1 aromatic carbocycles. The minimum absolute atomic E-state index is 0. The predicted octanol–water partition coefficient (Wildman–Crippen LogP) is -1.20. The fourth-order valence-electron chi connectivity index (χ4n) is 0.801. The van der Waals surface area contributed by atoms with E-state index in [-0.39, 0.29) is 70.0 Å². The number of hydrogen-bond acceptors (Lipinski definition) is 5. The number of nitrogen functional groups attached to an aromatic ring is 1. The maximum Gasteiger partial charge on any atom is 1.00 e. The molecule has 1 unspecified atom stereocenters. The summed E-state index contributed by atoms with van der Waals surface area (Å²) in [5.41, 5.74) is 21.5. The summed E-state index contributed by atoms with van der Waals surface area (Å²) in [6.07, 6.45) is 1.10. The number of rotatable bonds is 4. The van der Waals surface area contributed by atoms with Crippen LogP contribution in [-0.2, 0) is 6.61 Å². The van der Waals surface area contributed by atoms with Gasteiger partial charge in [-0.05, 0) is 36.6 Å². The van der Waals surface area contributed by atoms with Gasteiger partial charge in [-0.2, -0.15) is 0 Å². The Hall–Kier alpha value is 0.426. The van der Waals surface area contributed by atoms with Crippen LogP contribution in [0.2, 0.25) is 0 Å². The van der Waals surface area contributed by atoms with Crippen LogP contribution in [0.15, 0.2) is 24.3 Å². The largest absolute Gasteiger partial charge is 1.00 e. The molecule has 0 saturated heterocycles. The topological polar surface area (TPSA) is 124 Å². The summed E-state index contributed by atoms with van der Waals surface area (Å²) in [4.78, 5) is 0. The average Bonchev–Trinajstić information content (AvgIpc) is 2.57. The molecule has 0 spiro atoms. The average molecular weight is 357 g/mol. The normalized spacial score (nSPS) is 9.83. The Balaban J connectivity index is -0.000000116. The molecule has 1 aromatic rings. The Morgan fingerprint density at radius 2 is 1.57 bits per heavy atom. The van der Waals surface area contributed by atoms with Gasteiger partial charge in [-0.25, -0.2) is 4.39 Å². The van der Waals surface area contributed by atoms with E-state index >= 15 is 0 Å². The first kappa shape index (κ1) is 31.2. The number of alkyl halides is 1. The van der Waals surface area contributed by atoms with Crippen molar-refractivity contribution in [3.05, 3.63) is 36.9 Å². The van der Waals surface area contributed by atoms with Crippen LogP contribution in [0.4, 0.5) is 10.1 Å². The van der Waals surface area contributed by atoms with E-state index < -0.39 is 6.67 Å². The van der Waals surface area contributed by atoms with Crippen LogP contribution in [0.5, 0.6) is 0 Å². The zero-order chi connectivity index (χ0) is 18.0. The summed E-state index contributed by atoms with van der Waals surface area (Å²) in [7, 11) is 2.75. The fraction of sp³-hybridized carbons (Fsp3) is 0.562. The monoisotopic (exact) mass is 356 g/mol. The van der Waals surface area contributed by atoms with Gasteiger partial charge in [-0.3, -0.25) is 7.05 Å². The number of aliphatic hydroxyl groups excluding tert-OH is 1. The van der Waals surface area contributed by atoms with Gasteiger partial charge < -0.3 is 28.0 Å². The molecule has 1 atom stereocenters. The second kappa shape index (κ2) is 24.7. The van der Waals surface area contributed by atoms with Crippen LogP contribution < -0.4 is 74.3 Å². The molecule has 0 fully saturated rings. The SMILES string of the molecule is CC(C)C(N)CF.CCCN.Nc1ccc(CO)cc1.[CH2-]N.[K+]. The van der Waals surface area contributed by atoms with Crippen molar-refractivity contribution in [2.75, 3.05) is 19.0 Å². The molecule has 0 radical (unpaired) electrons. The van der Waals surface area contributed by atoms with E-state index in [1.165, 1.54) is 0 Å². The molecule has 0 aliphatic rings. The smallest absolute Gasteiger partial charge is 0.486 e. The molecule has 23 heavy (non-hydrogen) atoms. The summed E-state index contributed by atoms with van der Waals surface area (Å²) in [5.74, 6) is 0.269. The molecule has 0 amide bonds. The molecule has 7 heteroatoms. The van der Waals surface area contributed by atoms with E-state index in [2.05, 4.69) is 19.7 Å². The molecule has 9 N–H and O–H groups in total. The van der Waals surface area contributed by atoms with Crippen LogP contribution in [0.3, 0.4) is 0 Å². The van der Waals surface area contributed by atoms with Gasteiger partial charge in [-0.15, -0.1) is 0 Å². The first-order valence-electron chi connectivity index (χ1n) is 7.30. The van der Waals surface area contributed by atoms with Gasteiger partial charge in [0.1, 0.15) is 6.67 Å². The van der Waals surface area contributed by atoms with Gasteiger partial charge in [-0.1, -0.05) is 32.9 Å². The summed E-state index contributed by atoms with van der Waals surface area (Å²) in [5, 5.41) is 8.59. The quantitative estimate of drug-likeness (QED) is 0.263. The van der Waals surface area contributed by atoms with Gasteiger partial charge in [0.05, 0.1) is 6.61 Å². The minimum atomic E-state index is -0.405. The molecule has 5 nitrogen and oxygen atoms in total. The molecule has 132 valence electrons. The molecule has 0 heterocycles. The maximum absolute atomic E-state index is 11.5. The summed E-state index contributed by atoms with van der Waals surface area (Å²) >= 11 is 0. The Kier molecular flexibility index (Phi) is 33.5. The van der Waals surface area contributed by atoms with Crippen molar-refractivity contribution in [1.29, 1.82) is 0 Å². The standard InChI is InChI=1S/C7H9NO.C5H12FN.C3H9N.CH4N.K/c8-7-3-1-6(5-9)2-4-7;1-4(2)5(7)3-6;1-2-3-4;1-2;/h1-4,9H,5,8H2;4-5H,3,7H2,1-2H3;2-4H2,1H3;1-2H2;/q;;;-1;+1. The second-order valence-corrected chi connectivity index (χ2v) is 4.75. The zero-order valence-electron chi connectivity index (χ0n) is 15.1. The predicted molar refractivity (Wildman–Crippen MR) is 94.5 cm³/mol. The van der Waals surface area contributed by atoms with E-state index in [4.69, 9.17) is 22.3 Å². The Bertz CT molecular complexity index is 311. The molecular weight excluding hydrogens is 322 g/mol. The van der Waals surface area contributed by atoms with Crippen molar-refractivity contribution in [2.45, 2.75) is 39.8 Å². The van der Waals surface area contributed by atoms with E-state index in [1.54, 1.807) is 24.3 Å². The first-order valence-corrected chi connectivity index (χ1v) is 7.30. The number of hydrogen-bond donors (Lipinski definition) is 5. The third-order valence-electron chi connectivity index (χ3n) is 2.49. The van der Waals surface area contributed by atoms with Crippen LogP contribution >= 0.6 is 0 Å². The van der Waals surface area contributed by atoms with Gasteiger partial charge >= 0.3 is 51.4 Å². The van der Waals surface area contributed by atoms with Crippen molar-refractivity contribution in [2.24, 2.45) is 23.1 Å². The molecule has 0 aliphatic carbocycles. The van der Waals surface area contributed by atoms with Gasteiger partial charge in [0.15, 0.2) is 0 Å². The third kappa shape index (κ3) is 24.8. The molecule has 1 rings (SSSR count). The molecule has 0 saturated carbocycles. The number of aliphatic hydroxyl groups is 1. The van der Waals surface area contributed by atoms with E-state index in [1.807, 2.05) is 13.8 Å². The van der Waals surface area contributed by atoms with Crippen molar-refractivity contribution in [3.63, 3.8) is 0 Å². The van der Waals surface area contributed by atoms with E-state index in [9.17, 15) is 4.39 Å². The molecular formula is C16H34FKN4O. The second-order valence-electron chi connectivity index (χ2n) is 4.75. The van der Waals surface area contributed by atoms with Gasteiger partial charge in [0, 0.05) is 11.7 Å². The molecule has 0 aliphatic heterocycles.